The van der Waals surface area contributed by atoms with Gasteiger partial charge in [-0.25, -0.2) is 5.43 Å². The first kappa shape index (κ1) is 48.1. The number of nitrogens with zero attached hydrogens (tertiary/aromatic N) is 6. The van der Waals surface area contributed by atoms with Gasteiger partial charge in [-0.1, -0.05) is 46.8 Å². The number of nitrogens with one attached hydrogen (secondary N) is 3. The van der Waals surface area contributed by atoms with Gasteiger partial charge in [0.2, 0.25) is 23.6 Å². The Bertz CT molecular complexity index is 2640. The number of carbonyl (C=O) groups excluding carboxylic acids is 6. The molecule has 2 aromatic heterocycles. The number of piperazine rings is 1. The van der Waals surface area contributed by atoms with E-state index in [0.29, 0.717) is 43.5 Å². The molecule has 0 spiro atoms. The van der Waals surface area contributed by atoms with Crippen molar-refractivity contribution >= 4 is 46.4 Å². The van der Waals surface area contributed by atoms with Crippen LogP contribution in [0.3, 0.4) is 0 Å². The highest BCUT2D eigenvalue weighted by atomic mass is 16.5. The number of cyclic esters (lactones) is 1. The lowest BCUT2D eigenvalue weighted by Crippen LogP contribution is -2.62. The van der Waals surface area contributed by atoms with Crippen molar-refractivity contribution in [3.8, 4) is 28.1 Å². The van der Waals surface area contributed by atoms with Crippen LogP contribution in [0.25, 0.3) is 33.3 Å². The number of esters is 1. The zero-order chi connectivity index (χ0) is 48.8. The molecule has 17 nitrogen and oxygen atoms in total. The number of hydrogen-bond acceptors (Lipinski definition) is 11. The Morgan fingerprint density at radius 1 is 1.01 bits per heavy atom. The first-order valence-electron chi connectivity index (χ1n) is 23.9. The van der Waals surface area contributed by atoms with Crippen molar-refractivity contribution in [2.24, 2.45) is 11.3 Å². The molecule has 2 aromatic carbocycles. The van der Waals surface area contributed by atoms with Crippen molar-refractivity contribution in [2.45, 2.75) is 110 Å². The van der Waals surface area contributed by atoms with Gasteiger partial charge >= 0.3 is 5.97 Å². The molecule has 4 aliphatic heterocycles. The minimum Gasteiger partial charge on any atom is -0.508 e. The molecule has 362 valence electrons. The number of phenolic OH excluding ortho intramolecular Hbond substituents is 1. The fraction of sp³-hybridized carbons (Fsp3) is 0.510. The average Bonchev–Trinajstić information content (AvgIpc) is 3.93. The fourth-order valence-electron chi connectivity index (χ4n) is 10.2. The number of aromatic hydroxyl groups is 1. The van der Waals surface area contributed by atoms with Crippen LogP contribution in [-0.4, -0.2) is 147 Å². The lowest BCUT2D eigenvalue weighted by molar-refractivity contribution is -0.155. The summed E-state index contributed by atoms with van der Waals surface area (Å²) in [6.45, 7) is 13.0. The van der Waals surface area contributed by atoms with Crippen molar-refractivity contribution in [3.05, 3.63) is 71.5 Å². The van der Waals surface area contributed by atoms with Gasteiger partial charge in [0.15, 0.2) is 0 Å². The number of carbonyl (C=O) groups is 6. The molecule has 5 atom stereocenters. The highest BCUT2D eigenvalue weighted by molar-refractivity contribution is 5.97. The Morgan fingerprint density at radius 3 is 2.50 bits per heavy atom. The number of benzene rings is 2. The number of likely N-dealkylation sites (N-methyl/N-ethyl adjacent to an activating group) is 2. The second kappa shape index (κ2) is 19.3. The van der Waals surface area contributed by atoms with Crippen molar-refractivity contribution < 1.29 is 38.6 Å². The number of aryl methyl sites for hydroxylation is 2. The van der Waals surface area contributed by atoms with E-state index in [0.717, 1.165) is 39.7 Å². The molecule has 5 amide bonds. The third-order valence-corrected chi connectivity index (χ3v) is 13.9. The molecule has 68 heavy (non-hydrogen) atoms. The van der Waals surface area contributed by atoms with Crippen LogP contribution in [0.5, 0.6) is 5.75 Å². The third-order valence-electron chi connectivity index (χ3n) is 13.9. The van der Waals surface area contributed by atoms with Gasteiger partial charge in [-0.2, -0.15) is 0 Å². The maximum atomic E-state index is 14.7. The lowest BCUT2D eigenvalue weighted by atomic mass is 9.84. The summed E-state index contributed by atoms with van der Waals surface area (Å²) in [5, 5.41) is 19.7. The lowest BCUT2D eigenvalue weighted by Gasteiger charge is -2.37. The van der Waals surface area contributed by atoms with Crippen LogP contribution in [0, 0.1) is 11.3 Å². The summed E-state index contributed by atoms with van der Waals surface area (Å²) in [6, 6.07) is 10.2. The van der Waals surface area contributed by atoms with Crippen molar-refractivity contribution in [1.82, 2.24) is 45.3 Å². The molecular weight excluding hydrogens is 867 g/mol. The van der Waals surface area contributed by atoms with Crippen LogP contribution in [-0.2, 0) is 59.3 Å². The van der Waals surface area contributed by atoms with E-state index >= 15 is 0 Å². The predicted octanol–water partition coefficient (Wildman–Crippen LogP) is 3.43. The van der Waals surface area contributed by atoms with E-state index in [1.165, 1.54) is 39.4 Å². The maximum Gasteiger partial charge on any atom is 0.324 e. The van der Waals surface area contributed by atoms with E-state index < -0.39 is 59.1 Å². The quantitative estimate of drug-likeness (QED) is 0.127. The Labute approximate surface area is 397 Å². The standard InChI is InChI=1S/C51H65N9O8/c1-9-31-15-16-52-24-37(31)46-36-23-51(5,6)28-68-50(67)38-12-11-17-60(55-38)48(65)39(20-30-18-33(21-34(61)19-30)32-13-14-41(35(36)22-32)59(46)10-2)54-47(64)45(29(3)4)57(8)43(63)26-56(7)42(62)27-58-25-40-44(53-40)49(58)66/h13-16,18-19,21-22,24,29,38-40,44-45,53,55,61H,9-12,17,20,23,25-28H2,1-8H3,(H,54,64)/t38-,39-,40-,44-,45-/m0/s1. The van der Waals surface area contributed by atoms with Crippen LogP contribution in [0.4, 0.5) is 0 Å². The zero-order valence-electron chi connectivity index (χ0n) is 40.4. The summed E-state index contributed by atoms with van der Waals surface area (Å²) in [6.07, 6.45) is 6.01. The van der Waals surface area contributed by atoms with Crippen LogP contribution in [0.2, 0.25) is 0 Å². The molecule has 0 unspecified atom stereocenters. The molecule has 0 saturated carbocycles. The highest BCUT2D eigenvalue weighted by Crippen LogP contribution is 2.41. The minimum absolute atomic E-state index is 0.0221. The minimum atomic E-state index is -1.20. The van der Waals surface area contributed by atoms with Crippen LogP contribution in [0.1, 0.15) is 71.1 Å². The second-order valence-electron chi connectivity index (χ2n) is 20.0. The van der Waals surface area contributed by atoms with Crippen LogP contribution >= 0.6 is 0 Å². The number of phenols is 1. The van der Waals surface area contributed by atoms with Crippen molar-refractivity contribution in [1.29, 1.82) is 0 Å². The van der Waals surface area contributed by atoms with Crippen LogP contribution in [0.15, 0.2) is 54.9 Å². The summed E-state index contributed by atoms with van der Waals surface area (Å²) < 4.78 is 8.40. The van der Waals surface area contributed by atoms with Gasteiger partial charge in [-0.3, -0.25) is 44.1 Å². The first-order valence-corrected chi connectivity index (χ1v) is 23.9. The number of ether oxygens (including phenoxy) is 1. The maximum absolute atomic E-state index is 14.7. The first-order chi connectivity index (χ1) is 32.4. The molecular formula is C51H65N9O8. The molecule has 4 N–H and O–H groups in total. The molecule has 3 fully saturated rings. The Kier molecular flexibility index (Phi) is 13.7. The summed E-state index contributed by atoms with van der Waals surface area (Å²) in [5.41, 5.74) is 10.1. The summed E-state index contributed by atoms with van der Waals surface area (Å²) in [4.78, 5) is 91.1. The van der Waals surface area contributed by atoms with Gasteiger partial charge in [-0.15, -0.1) is 0 Å². The Morgan fingerprint density at radius 2 is 1.79 bits per heavy atom. The van der Waals surface area contributed by atoms with Crippen molar-refractivity contribution in [3.63, 3.8) is 0 Å². The van der Waals surface area contributed by atoms with Gasteiger partial charge in [0.25, 0.3) is 5.91 Å². The molecule has 3 saturated heterocycles. The molecule has 6 heterocycles. The second-order valence-corrected chi connectivity index (χ2v) is 20.0. The fourth-order valence-corrected chi connectivity index (χ4v) is 10.2. The molecule has 17 heteroatoms. The van der Waals surface area contributed by atoms with Gasteiger partial charge in [-0.05, 0) is 96.7 Å². The van der Waals surface area contributed by atoms with E-state index in [1.807, 2.05) is 24.5 Å². The SMILES string of the molecule is CCc1ccncc1-c1c2c3cc(ccc3n1CC)-c1cc(O)cc(c1)C[C@H](NC(=O)[C@H](C(C)C)N(C)C(=O)CN(C)C(=O)CN1C[C@@H]3N[C@@H]3C1=O)C(=O)N1CCC[C@H](N1)C(=O)OCC(C)(C)C2. The van der Waals surface area contributed by atoms with Crippen LogP contribution < -0.4 is 16.1 Å². The smallest absolute Gasteiger partial charge is 0.324 e. The topological polar surface area (TPSA) is 209 Å². The molecule has 8 rings (SSSR count). The normalized spacial score (nSPS) is 21.8. The molecule has 0 aliphatic carbocycles. The largest absolute Gasteiger partial charge is 0.508 e. The zero-order valence-corrected chi connectivity index (χ0v) is 40.4. The van der Waals surface area contributed by atoms with E-state index in [-0.39, 0.29) is 56.4 Å². The van der Waals surface area contributed by atoms with E-state index in [2.05, 4.69) is 71.5 Å². The monoisotopic (exact) mass is 931 g/mol. The highest BCUT2D eigenvalue weighted by Gasteiger charge is 2.52. The van der Waals surface area contributed by atoms with E-state index in [9.17, 15) is 33.9 Å². The number of hydrazine groups is 1. The number of likely N-dealkylation sites (tertiary alicyclic amines) is 1. The summed E-state index contributed by atoms with van der Waals surface area (Å²) in [7, 11) is 2.97. The number of amides is 5. The van der Waals surface area contributed by atoms with Gasteiger partial charge in [0.05, 0.1) is 25.4 Å². The third kappa shape index (κ3) is 9.81. The predicted molar refractivity (Wildman–Crippen MR) is 256 cm³/mol. The molecule has 4 aromatic rings. The Balaban J connectivity index is 1.13. The number of pyridine rings is 1. The number of fused-ring (bicyclic) bond motifs is 7. The van der Waals surface area contributed by atoms with E-state index in [1.54, 1.807) is 26.0 Å². The number of rotatable bonds is 11. The average molecular weight is 932 g/mol. The summed E-state index contributed by atoms with van der Waals surface area (Å²) in [5.74, 6) is -3.07. The Hall–Kier alpha value is -6.33. The summed E-state index contributed by atoms with van der Waals surface area (Å²) >= 11 is 0. The molecule has 6 bridgehead atoms. The number of aromatic nitrogens is 2. The molecule has 4 aliphatic rings. The molecule has 0 radical (unpaired) electrons. The van der Waals surface area contributed by atoms with Crippen molar-refractivity contribution in [2.75, 3.05) is 46.9 Å². The van der Waals surface area contributed by atoms with E-state index in [4.69, 9.17) is 4.74 Å². The van der Waals surface area contributed by atoms with Gasteiger partial charge < -0.3 is 34.4 Å². The number of hydrogen-bond donors (Lipinski definition) is 4. The van der Waals surface area contributed by atoms with Gasteiger partial charge in [0.1, 0.15) is 29.9 Å². The van der Waals surface area contributed by atoms with Gasteiger partial charge in [0, 0.05) is 80.5 Å².